The van der Waals surface area contributed by atoms with Gasteiger partial charge in [-0.1, -0.05) is 23.8 Å². The summed E-state index contributed by atoms with van der Waals surface area (Å²) in [5, 5.41) is 7.54. The molecule has 0 aliphatic rings. The van der Waals surface area contributed by atoms with E-state index in [2.05, 4.69) is 37.0 Å². The molecular weight excluding hydrogens is 254 g/mol. The first-order valence-electron chi connectivity index (χ1n) is 6.06. The smallest absolute Gasteiger partial charge is 0.142 e. The lowest BCUT2D eigenvalue weighted by atomic mass is 10.2. The van der Waals surface area contributed by atoms with E-state index in [0.717, 1.165) is 11.3 Å². The standard InChI is InChI=1S/C15H17N3S/c1-10-5-6-11(2)13(8-10)19-9-12-4-3-7-18-14(12)15(16)17/h3-8H,9H2,1-2H3,(H3,16,17). The first kappa shape index (κ1) is 13.6. The summed E-state index contributed by atoms with van der Waals surface area (Å²) >= 11 is 1.75. The normalized spacial score (nSPS) is 10.4. The quantitative estimate of drug-likeness (QED) is 0.509. The second-order valence-corrected chi connectivity index (χ2v) is 5.50. The third kappa shape index (κ3) is 3.35. The van der Waals surface area contributed by atoms with E-state index in [0.29, 0.717) is 5.69 Å². The van der Waals surface area contributed by atoms with Crippen LogP contribution in [0.4, 0.5) is 0 Å². The van der Waals surface area contributed by atoms with Crippen LogP contribution in [0.3, 0.4) is 0 Å². The SMILES string of the molecule is Cc1ccc(C)c(SCc2cccnc2C(=N)N)c1. The predicted molar refractivity (Wildman–Crippen MR) is 80.7 cm³/mol. The molecule has 0 bridgehead atoms. The van der Waals surface area contributed by atoms with Crippen molar-refractivity contribution in [3.05, 3.63) is 58.9 Å². The number of thioether (sulfide) groups is 1. The van der Waals surface area contributed by atoms with E-state index < -0.39 is 0 Å². The third-order valence-corrected chi connectivity index (χ3v) is 4.08. The highest BCUT2D eigenvalue weighted by atomic mass is 32.2. The van der Waals surface area contributed by atoms with Crippen LogP contribution in [0.5, 0.6) is 0 Å². The molecule has 2 aromatic rings. The number of nitrogen functional groups attached to an aromatic ring is 1. The maximum absolute atomic E-state index is 7.54. The summed E-state index contributed by atoms with van der Waals surface area (Å²) in [6.45, 7) is 4.20. The number of rotatable bonds is 4. The first-order valence-corrected chi connectivity index (χ1v) is 7.05. The zero-order valence-corrected chi connectivity index (χ0v) is 11.9. The fraction of sp³-hybridized carbons (Fsp3) is 0.200. The highest BCUT2D eigenvalue weighted by molar-refractivity contribution is 7.98. The lowest BCUT2D eigenvalue weighted by Gasteiger charge is -2.09. The molecule has 2 rings (SSSR count). The van der Waals surface area contributed by atoms with E-state index in [9.17, 15) is 0 Å². The fourth-order valence-corrected chi connectivity index (χ4v) is 2.92. The van der Waals surface area contributed by atoms with Crippen molar-refractivity contribution in [2.45, 2.75) is 24.5 Å². The van der Waals surface area contributed by atoms with E-state index in [1.807, 2.05) is 12.1 Å². The molecular formula is C15H17N3S. The first-order chi connectivity index (χ1) is 9.08. The van der Waals surface area contributed by atoms with Gasteiger partial charge in [-0.15, -0.1) is 11.8 Å². The number of nitrogens with one attached hydrogen (secondary N) is 1. The molecule has 0 spiro atoms. The molecule has 4 heteroatoms. The Kier molecular flexibility index (Phi) is 4.22. The number of pyridine rings is 1. The van der Waals surface area contributed by atoms with Gasteiger partial charge in [0.05, 0.1) is 0 Å². The van der Waals surface area contributed by atoms with Crippen molar-refractivity contribution in [3.8, 4) is 0 Å². The Balaban J connectivity index is 2.19. The minimum Gasteiger partial charge on any atom is -0.382 e. The number of benzene rings is 1. The fourth-order valence-electron chi connectivity index (χ4n) is 1.82. The van der Waals surface area contributed by atoms with Crippen molar-refractivity contribution >= 4 is 17.6 Å². The van der Waals surface area contributed by atoms with E-state index >= 15 is 0 Å². The van der Waals surface area contributed by atoms with Crippen LogP contribution in [-0.4, -0.2) is 10.8 Å². The van der Waals surface area contributed by atoms with E-state index in [1.165, 1.54) is 16.0 Å². The molecule has 3 N–H and O–H groups in total. The molecule has 0 amide bonds. The summed E-state index contributed by atoms with van der Waals surface area (Å²) < 4.78 is 0. The molecule has 0 aliphatic heterocycles. The number of aromatic nitrogens is 1. The number of hydrogen-bond donors (Lipinski definition) is 2. The van der Waals surface area contributed by atoms with Crippen LogP contribution in [0.1, 0.15) is 22.4 Å². The molecule has 0 saturated carbocycles. The lowest BCUT2D eigenvalue weighted by molar-refractivity contribution is 1.19. The van der Waals surface area contributed by atoms with E-state index in [-0.39, 0.29) is 5.84 Å². The van der Waals surface area contributed by atoms with Crippen LogP contribution < -0.4 is 5.73 Å². The van der Waals surface area contributed by atoms with Gasteiger partial charge in [0, 0.05) is 16.8 Å². The molecule has 0 aliphatic carbocycles. The summed E-state index contributed by atoms with van der Waals surface area (Å²) in [7, 11) is 0. The largest absolute Gasteiger partial charge is 0.382 e. The van der Waals surface area contributed by atoms with Gasteiger partial charge in [-0.25, -0.2) is 0 Å². The van der Waals surface area contributed by atoms with Gasteiger partial charge >= 0.3 is 0 Å². The van der Waals surface area contributed by atoms with Gasteiger partial charge in [0.2, 0.25) is 0 Å². The van der Waals surface area contributed by atoms with Crippen molar-refractivity contribution in [2.75, 3.05) is 0 Å². The molecule has 0 fully saturated rings. The number of aryl methyl sites for hydroxylation is 2. The van der Waals surface area contributed by atoms with Gasteiger partial charge in [0.15, 0.2) is 0 Å². The molecule has 98 valence electrons. The highest BCUT2D eigenvalue weighted by Gasteiger charge is 2.07. The molecule has 19 heavy (non-hydrogen) atoms. The minimum absolute atomic E-state index is 0.0252. The van der Waals surface area contributed by atoms with Crippen LogP contribution in [0.15, 0.2) is 41.4 Å². The Morgan fingerprint density at radius 3 is 2.84 bits per heavy atom. The van der Waals surface area contributed by atoms with Gasteiger partial charge in [-0.2, -0.15) is 0 Å². The molecule has 1 aromatic heterocycles. The van der Waals surface area contributed by atoms with Crippen molar-refractivity contribution in [1.29, 1.82) is 5.41 Å². The van der Waals surface area contributed by atoms with Gasteiger partial charge in [-0.05, 0) is 37.1 Å². The number of nitrogens with zero attached hydrogens (tertiary/aromatic N) is 1. The van der Waals surface area contributed by atoms with E-state index in [4.69, 9.17) is 11.1 Å². The van der Waals surface area contributed by atoms with Crippen molar-refractivity contribution in [3.63, 3.8) is 0 Å². The third-order valence-electron chi connectivity index (χ3n) is 2.87. The maximum atomic E-state index is 7.54. The zero-order chi connectivity index (χ0) is 13.8. The van der Waals surface area contributed by atoms with Gasteiger partial charge < -0.3 is 5.73 Å². The second-order valence-electron chi connectivity index (χ2n) is 4.48. The number of hydrogen-bond acceptors (Lipinski definition) is 3. The molecule has 0 atom stereocenters. The summed E-state index contributed by atoms with van der Waals surface area (Å²) in [6.07, 6.45) is 1.67. The van der Waals surface area contributed by atoms with Crippen LogP contribution in [0.25, 0.3) is 0 Å². The lowest BCUT2D eigenvalue weighted by Crippen LogP contribution is -2.15. The number of amidine groups is 1. The summed E-state index contributed by atoms with van der Waals surface area (Å²) in [6, 6.07) is 10.3. The molecule has 3 nitrogen and oxygen atoms in total. The van der Waals surface area contributed by atoms with Crippen LogP contribution in [0.2, 0.25) is 0 Å². The summed E-state index contributed by atoms with van der Waals surface area (Å²) in [4.78, 5) is 5.43. The highest BCUT2D eigenvalue weighted by Crippen LogP contribution is 2.27. The monoisotopic (exact) mass is 271 g/mol. The predicted octanol–water partition coefficient (Wildman–Crippen LogP) is 3.27. The van der Waals surface area contributed by atoms with Crippen LogP contribution in [-0.2, 0) is 5.75 Å². The molecule has 1 heterocycles. The van der Waals surface area contributed by atoms with Crippen LogP contribution >= 0.6 is 11.8 Å². The minimum atomic E-state index is 0.0252. The van der Waals surface area contributed by atoms with Crippen LogP contribution in [0, 0.1) is 19.3 Å². The van der Waals surface area contributed by atoms with Gasteiger partial charge in [0.1, 0.15) is 11.5 Å². The molecule has 1 aromatic carbocycles. The molecule has 0 saturated heterocycles. The number of nitrogens with two attached hydrogens (primary N) is 1. The Morgan fingerprint density at radius 1 is 1.32 bits per heavy atom. The summed E-state index contributed by atoms with van der Waals surface area (Å²) in [5.74, 6) is 0.796. The molecule has 0 radical (unpaired) electrons. The zero-order valence-electron chi connectivity index (χ0n) is 11.1. The Labute approximate surface area is 117 Å². The maximum Gasteiger partial charge on any atom is 0.142 e. The Morgan fingerprint density at radius 2 is 2.11 bits per heavy atom. The average molecular weight is 271 g/mol. The van der Waals surface area contributed by atoms with Crippen molar-refractivity contribution in [2.24, 2.45) is 5.73 Å². The molecule has 0 unspecified atom stereocenters. The van der Waals surface area contributed by atoms with E-state index in [1.54, 1.807) is 18.0 Å². The van der Waals surface area contributed by atoms with Crippen molar-refractivity contribution < 1.29 is 0 Å². The Hall–Kier alpha value is -1.81. The van der Waals surface area contributed by atoms with Gasteiger partial charge in [0.25, 0.3) is 0 Å². The summed E-state index contributed by atoms with van der Waals surface area (Å²) in [5.41, 5.74) is 9.66. The Bertz CT molecular complexity index is 608. The van der Waals surface area contributed by atoms with Gasteiger partial charge in [-0.3, -0.25) is 10.4 Å². The topological polar surface area (TPSA) is 62.8 Å². The van der Waals surface area contributed by atoms with Crippen molar-refractivity contribution in [1.82, 2.24) is 4.98 Å². The average Bonchev–Trinajstić information content (AvgIpc) is 2.40. The second kappa shape index (κ2) is 5.89.